The van der Waals surface area contributed by atoms with Crippen LogP contribution >= 0.6 is 38.4 Å². The molecule has 0 N–H and O–H groups in total. The van der Waals surface area contributed by atoms with E-state index in [2.05, 4.69) is 15.9 Å². The molecule has 84 valence electrons. The van der Waals surface area contributed by atoms with E-state index in [4.69, 9.17) is 10.7 Å². The highest BCUT2D eigenvalue weighted by molar-refractivity contribution is 9.10. The van der Waals surface area contributed by atoms with Crippen LogP contribution in [0.25, 0.3) is 0 Å². The summed E-state index contributed by atoms with van der Waals surface area (Å²) in [4.78, 5) is 0.450. The predicted octanol–water partition coefficient (Wildman–Crippen LogP) is 3.38. The molecule has 1 rings (SSSR count). The summed E-state index contributed by atoms with van der Waals surface area (Å²) in [6.45, 7) is 0. The fourth-order valence-corrected chi connectivity index (χ4v) is 3.51. The topological polar surface area (TPSA) is 34.1 Å². The average molecular weight is 334 g/mol. The molecule has 0 amide bonds. The maximum atomic E-state index is 13.4. The molecule has 7 heteroatoms. The normalized spacial score (nSPS) is 11.7. The monoisotopic (exact) mass is 332 g/mol. The lowest BCUT2D eigenvalue weighted by Crippen LogP contribution is -1.97. The summed E-state index contributed by atoms with van der Waals surface area (Å²) < 4.78 is 35.5. The Labute approximate surface area is 105 Å². The molecule has 0 saturated carbocycles. The molecule has 0 radical (unpaired) electrons. The number of halogens is 3. The molecule has 0 aromatic heterocycles. The average Bonchev–Trinajstić information content (AvgIpc) is 1.99. The maximum Gasteiger partial charge on any atom is 0.236 e. The van der Waals surface area contributed by atoms with E-state index in [0.717, 1.165) is 0 Å². The molecule has 1 aromatic rings. The molecule has 0 bridgehead atoms. The Morgan fingerprint density at radius 1 is 1.53 bits per heavy atom. The van der Waals surface area contributed by atoms with Crippen LogP contribution in [0, 0.1) is 5.82 Å². The number of rotatable bonds is 3. The Hall–Kier alpha value is 0.220. The van der Waals surface area contributed by atoms with Crippen molar-refractivity contribution in [1.29, 1.82) is 0 Å². The van der Waals surface area contributed by atoms with Gasteiger partial charge in [-0.2, -0.15) is 0 Å². The van der Waals surface area contributed by atoms with Crippen molar-refractivity contribution in [3.05, 3.63) is 28.0 Å². The first-order valence-corrected chi connectivity index (χ1v) is 8.27. The summed E-state index contributed by atoms with van der Waals surface area (Å²) in [5, 5.41) is 0. The van der Waals surface area contributed by atoms with E-state index in [1.807, 2.05) is 0 Å². The fourth-order valence-electron chi connectivity index (χ4n) is 1.09. The molecule has 1 aromatic carbocycles. The molecular weight excluding hydrogens is 327 g/mol. The first kappa shape index (κ1) is 13.3. The van der Waals surface area contributed by atoms with E-state index in [-0.39, 0.29) is 5.75 Å². The van der Waals surface area contributed by atoms with Gasteiger partial charge in [0.2, 0.25) is 9.05 Å². The van der Waals surface area contributed by atoms with Crippen molar-refractivity contribution in [2.75, 3.05) is 6.26 Å². The van der Waals surface area contributed by atoms with Gasteiger partial charge in [0.25, 0.3) is 0 Å². The zero-order valence-corrected chi connectivity index (χ0v) is 11.6. The molecule has 0 heterocycles. The third-order valence-electron chi connectivity index (χ3n) is 1.60. The molecule has 0 aliphatic carbocycles. The highest BCUT2D eigenvalue weighted by atomic mass is 79.9. The zero-order valence-electron chi connectivity index (χ0n) is 7.63. The molecule has 0 fully saturated rings. The van der Waals surface area contributed by atoms with Crippen LogP contribution < -0.4 is 0 Å². The van der Waals surface area contributed by atoms with Gasteiger partial charge in [-0.05, 0) is 39.9 Å². The van der Waals surface area contributed by atoms with Gasteiger partial charge >= 0.3 is 0 Å². The molecule has 0 saturated heterocycles. The van der Waals surface area contributed by atoms with Crippen molar-refractivity contribution in [2.24, 2.45) is 0 Å². The van der Waals surface area contributed by atoms with Gasteiger partial charge in [0, 0.05) is 15.2 Å². The van der Waals surface area contributed by atoms with Crippen LogP contribution in [0.2, 0.25) is 0 Å². The van der Waals surface area contributed by atoms with Gasteiger partial charge in [0.05, 0.1) is 10.6 Å². The zero-order chi connectivity index (χ0) is 11.6. The van der Waals surface area contributed by atoms with Gasteiger partial charge in [0.1, 0.15) is 5.82 Å². The summed E-state index contributed by atoms with van der Waals surface area (Å²) in [5.74, 6) is -0.828. The van der Waals surface area contributed by atoms with Gasteiger partial charge in [-0.3, -0.25) is 0 Å². The third-order valence-corrected chi connectivity index (χ3v) is 4.32. The van der Waals surface area contributed by atoms with Crippen LogP contribution in [-0.2, 0) is 14.8 Å². The number of thioether (sulfide) groups is 1. The van der Waals surface area contributed by atoms with E-state index < -0.39 is 14.9 Å². The minimum atomic E-state index is -3.65. The van der Waals surface area contributed by atoms with E-state index in [1.54, 1.807) is 12.3 Å². The smallest absolute Gasteiger partial charge is 0.212 e. The van der Waals surface area contributed by atoms with Gasteiger partial charge in [0.15, 0.2) is 0 Å². The van der Waals surface area contributed by atoms with E-state index >= 15 is 0 Å². The number of hydrogen-bond donors (Lipinski definition) is 0. The summed E-state index contributed by atoms with van der Waals surface area (Å²) >= 11 is 4.41. The predicted molar refractivity (Wildman–Crippen MR) is 64.4 cm³/mol. The van der Waals surface area contributed by atoms with E-state index in [9.17, 15) is 12.8 Å². The van der Waals surface area contributed by atoms with Gasteiger partial charge in [-0.15, -0.1) is 11.8 Å². The van der Waals surface area contributed by atoms with Crippen molar-refractivity contribution >= 4 is 47.4 Å². The molecule has 2 nitrogen and oxygen atoms in total. The highest BCUT2D eigenvalue weighted by Crippen LogP contribution is 2.30. The number of hydrogen-bond acceptors (Lipinski definition) is 3. The second kappa shape index (κ2) is 5.03. The summed E-state index contributed by atoms with van der Waals surface area (Å²) in [7, 11) is 1.42. The Bertz CT molecular complexity index is 453. The first-order chi connectivity index (χ1) is 6.83. The third kappa shape index (κ3) is 3.94. The van der Waals surface area contributed by atoms with Crippen LogP contribution in [-0.4, -0.2) is 14.7 Å². The Balaban J connectivity index is 3.15. The SMILES string of the molecule is CSc1c(F)cc(CS(=O)(=O)Cl)cc1Br. The van der Waals surface area contributed by atoms with Crippen molar-refractivity contribution in [3.8, 4) is 0 Å². The van der Waals surface area contributed by atoms with E-state index in [1.165, 1.54) is 17.8 Å². The minimum absolute atomic E-state index is 0.326. The number of benzene rings is 1. The van der Waals surface area contributed by atoms with Gasteiger partial charge in [-0.1, -0.05) is 0 Å². The maximum absolute atomic E-state index is 13.4. The molecule has 0 aliphatic rings. The second-order valence-electron chi connectivity index (χ2n) is 2.78. The van der Waals surface area contributed by atoms with Crippen LogP contribution in [0.1, 0.15) is 5.56 Å². The highest BCUT2D eigenvalue weighted by Gasteiger charge is 2.12. The molecule has 0 atom stereocenters. The van der Waals surface area contributed by atoms with Crippen LogP contribution in [0.4, 0.5) is 4.39 Å². The lowest BCUT2D eigenvalue weighted by Gasteiger charge is -2.05. The summed E-state index contributed by atoms with van der Waals surface area (Å²) in [5.41, 5.74) is 0.326. The summed E-state index contributed by atoms with van der Waals surface area (Å²) in [6.07, 6.45) is 1.74. The molecule has 0 spiro atoms. The van der Waals surface area contributed by atoms with Crippen LogP contribution in [0.5, 0.6) is 0 Å². The van der Waals surface area contributed by atoms with E-state index in [0.29, 0.717) is 14.9 Å². The Kier molecular flexibility index (Phi) is 4.46. The van der Waals surface area contributed by atoms with Crippen LogP contribution in [0.3, 0.4) is 0 Å². The molecule has 0 unspecified atom stereocenters. The lowest BCUT2D eigenvalue weighted by molar-refractivity contribution is 0.597. The van der Waals surface area contributed by atoms with Crippen molar-refractivity contribution in [2.45, 2.75) is 10.6 Å². The molecule has 0 aliphatic heterocycles. The second-order valence-corrected chi connectivity index (χ2v) is 7.22. The quantitative estimate of drug-likeness (QED) is 0.628. The molecule has 15 heavy (non-hydrogen) atoms. The largest absolute Gasteiger partial charge is 0.236 e. The Morgan fingerprint density at radius 3 is 2.53 bits per heavy atom. The van der Waals surface area contributed by atoms with Gasteiger partial charge < -0.3 is 0 Å². The van der Waals surface area contributed by atoms with Crippen molar-refractivity contribution in [3.63, 3.8) is 0 Å². The lowest BCUT2D eigenvalue weighted by atomic mass is 10.2. The first-order valence-electron chi connectivity index (χ1n) is 3.77. The van der Waals surface area contributed by atoms with Crippen molar-refractivity contribution in [1.82, 2.24) is 0 Å². The molecular formula is C8H7BrClFO2S2. The van der Waals surface area contributed by atoms with Crippen LogP contribution in [0.15, 0.2) is 21.5 Å². The van der Waals surface area contributed by atoms with Crippen molar-refractivity contribution < 1.29 is 12.8 Å². The summed E-state index contributed by atoms with van der Waals surface area (Å²) in [6, 6.07) is 2.73. The minimum Gasteiger partial charge on any atom is -0.212 e. The fraction of sp³-hybridized carbons (Fsp3) is 0.250. The van der Waals surface area contributed by atoms with Gasteiger partial charge in [-0.25, -0.2) is 12.8 Å². The standard InChI is InChI=1S/C8H7BrClFO2S2/c1-14-8-6(9)2-5(3-7(8)11)4-15(10,12)13/h2-3H,4H2,1H3. The Morgan fingerprint density at radius 2 is 2.13 bits per heavy atom.